The third-order valence-electron chi connectivity index (χ3n) is 6.04. The Balaban J connectivity index is 1.44. The minimum atomic E-state index is -3.91. The minimum Gasteiger partial charge on any atom is -0.280 e. The summed E-state index contributed by atoms with van der Waals surface area (Å²) in [4.78, 5) is 24.2. The number of nitrogens with zero attached hydrogens (tertiary/aromatic N) is 3. The van der Waals surface area contributed by atoms with Crippen molar-refractivity contribution in [2.45, 2.75) is 25.3 Å². The van der Waals surface area contributed by atoms with Crippen LogP contribution in [0.25, 0.3) is 10.2 Å². The van der Waals surface area contributed by atoms with Crippen molar-refractivity contribution in [1.29, 1.82) is 0 Å². The van der Waals surface area contributed by atoms with Gasteiger partial charge in [0.1, 0.15) is 5.82 Å². The van der Waals surface area contributed by atoms with Gasteiger partial charge in [0.05, 0.1) is 21.7 Å². The maximum Gasteiger partial charge on any atom is 0.261 e. The zero-order chi connectivity index (χ0) is 26.9. The van der Waals surface area contributed by atoms with E-state index in [4.69, 9.17) is 4.98 Å². The number of carbonyl (C=O) groups is 1. The molecule has 0 unspecified atom stereocenters. The molecule has 5 aromatic rings. The van der Waals surface area contributed by atoms with Crippen molar-refractivity contribution in [3.05, 3.63) is 113 Å². The Bertz CT molecular complexity index is 1680. The molecular formula is C28H23FN4O3S2. The number of amides is 1. The average Bonchev–Trinajstić information content (AvgIpc) is 3.30. The maximum atomic E-state index is 13.7. The van der Waals surface area contributed by atoms with E-state index in [1.165, 1.54) is 35.6 Å². The number of benzene rings is 3. The van der Waals surface area contributed by atoms with Crippen LogP contribution in [0.2, 0.25) is 0 Å². The SMILES string of the molecule is Cc1cc2nc(N(Cc3cccnc3)C(=O)c3ccc(NS(=O)(=O)c4ccc(F)cc4)cc3)sc2cc1C. The summed E-state index contributed by atoms with van der Waals surface area (Å²) in [6.07, 6.45) is 3.37. The lowest BCUT2D eigenvalue weighted by atomic mass is 10.1. The lowest BCUT2D eigenvalue weighted by molar-refractivity contribution is 0.0985. The van der Waals surface area contributed by atoms with Crippen molar-refractivity contribution in [3.63, 3.8) is 0 Å². The first kappa shape index (κ1) is 25.5. The molecular weight excluding hydrogens is 523 g/mol. The van der Waals surface area contributed by atoms with Crippen molar-refractivity contribution in [2.75, 3.05) is 9.62 Å². The third kappa shape index (κ3) is 5.41. The first-order chi connectivity index (χ1) is 18.2. The highest BCUT2D eigenvalue weighted by atomic mass is 32.2. The molecule has 0 aliphatic rings. The lowest BCUT2D eigenvalue weighted by Gasteiger charge is -2.20. The number of anilines is 2. The number of nitrogens with one attached hydrogen (secondary N) is 1. The standard InChI is InChI=1S/C28H23FN4O3S2/c1-18-14-25-26(15-19(18)2)37-28(31-25)33(17-20-4-3-13-30-16-20)27(34)21-5-9-23(10-6-21)32-38(35,36)24-11-7-22(29)8-12-24/h3-16,32H,17H2,1-2H3. The second kappa shape index (κ2) is 10.3. The van der Waals surface area contributed by atoms with Crippen LogP contribution in [0.3, 0.4) is 0 Å². The fourth-order valence-corrected chi connectivity index (χ4v) is 5.95. The van der Waals surface area contributed by atoms with Crippen LogP contribution in [-0.4, -0.2) is 24.3 Å². The number of halogens is 1. The topological polar surface area (TPSA) is 92.3 Å². The first-order valence-corrected chi connectivity index (χ1v) is 14.0. The average molecular weight is 547 g/mol. The Morgan fingerprint density at radius 2 is 1.71 bits per heavy atom. The van der Waals surface area contributed by atoms with E-state index in [1.54, 1.807) is 29.4 Å². The zero-order valence-corrected chi connectivity index (χ0v) is 22.2. The molecule has 3 aromatic carbocycles. The lowest BCUT2D eigenvalue weighted by Crippen LogP contribution is -2.30. The van der Waals surface area contributed by atoms with Crippen molar-refractivity contribution < 1.29 is 17.6 Å². The van der Waals surface area contributed by atoms with Gasteiger partial charge in [0, 0.05) is 23.6 Å². The molecule has 0 radical (unpaired) electrons. The quantitative estimate of drug-likeness (QED) is 0.267. The summed E-state index contributed by atoms with van der Waals surface area (Å²) in [7, 11) is -3.91. The molecule has 0 aliphatic carbocycles. The number of aryl methyl sites for hydroxylation is 2. The number of thiazole rings is 1. The van der Waals surface area contributed by atoms with E-state index in [-0.39, 0.29) is 23.0 Å². The van der Waals surface area contributed by atoms with Crippen LogP contribution in [0.15, 0.2) is 90.1 Å². The van der Waals surface area contributed by atoms with Gasteiger partial charge in [-0.15, -0.1) is 0 Å². The van der Waals surface area contributed by atoms with Crippen LogP contribution in [0.5, 0.6) is 0 Å². The molecule has 0 saturated heterocycles. The van der Waals surface area contributed by atoms with Gasteiger partial charge in [0.2, 0.25) is 0 Å². The summed E-state index contributed by atoms with van der Waals surface area (Å²) in [6, 6.07) is 18.5. The number of aromatic nitrogens is 2. The predicted molar refractivity (Wildman–Crippen MR) is 147 cm³/mol. The molecule has 0 bridgehead atoms. The highest BCUT2D eigenvalue weighted by molar-refractivity contribution is 7.92. The van der Waals surface area contributed by atoms with Crippen molar-refractivity contribution >= 4 is 48.3 Å². The number of pyridine rings is 1. The Kier molecular flexibility index (Phi) is 6.92. The molecule has 0 fully saturated rings. The Hall–Kier alpha value is -4.15. The highest BCUT2D eigenvalue weighted by Gasteiger charge is 2.23. The molecule has 2 heterocycles. The van der Waals surface area contributed by atoms with E-state index in [0.29, 0.717) is 10.7 Å². The molecule has 0 aliphatic heterocycles. The van der Waals surface area contributed by atoms with Crippen LogP contribution in [0.4, 0.5) is 15.2 Å². The van der Waals surface area contributed by atoms with E-state index in [1.807, 2.05) is 32.0 Å². The van der Waals surface area contributed by atoms with Crippen LogP contribution < -0.4 is 9.62 Å². The van der Waals surface area contributed by atoms with E-state index in [2.05, 4.69) is 15.8 Å². The number of fused-ring (bicyclic) bond motifs is 1. The predicted octanol–water partition coefficient (Wildman–Crippen LogP) is 6.10. The summed E-state index contributed by atoms with van der Waals surface area (Å²) in [5.41, 5.74) is 4.58. The van der Waals surface area contributed by atoms with E-state index < -0.39 is 15.8 Å². The van der Waals surface area contributed by atoms with Gasteiger partial charge in [0.15, 0.2) is 5.13 Å². The molecule has 0 spiro atoms. The Morgan fingerprint density at radius 1 is 1.00 bits per heavy atom. The fourth-order valence-electron chi connectivity index (χ4n) is 3.85. The van der Waals surface area contributed by atoms with Crippen LogP contribution >= 0.6 is 11.3 Å². The van der Waals surface area contributed by atoms with Gasteiger partial charge in [-0.3, -0.25) is 19.4 Å². The molecule has 38 heavy (non-hydrogen) atoms. The number of carbonyl (C=O) groups excluding carboxylic acids is 1. The molecule has 192 valence electrons. The van der Waals surface area contributed by atoms with E-state index in [9.17, 15) is 17.6 Å². The van der Waals surface area contributed by atoms with E-state index in [0.717, 1.165) is 39.0 Å². The summed E-state index contributed by atoms with van der Waals surface area (Å²) in [5.74, 6) is -0.810. The van der Waals surface area contributed by atoms with Crippen LogP contribution in [-0.2, 0) is 16.6 Å². The number of hydrogen-bond acceptors (Lipinski definition) is 6. The number of rotatable bonds is 7. The van der Waals surface area contributed by atoms with Crippen molar-refractivity contribution in [3.8, 4) is 0 Å². The van der Waals surface area contributed by atoms with Gasteiger partial charge in [-0.25, -0.2) is 17.8 Å². The summed E-state index contributed by atoms with van der Waals surface area (Å²) >= 11 is 1.44. The Labute approximate surface area is 223 Å². The molecule has 7 nitrogen and oxygen atoms in total. The fraction of sp³-hybridized carbons (Fsp3) is 0.107. The van der Waals surface area contributed by atoms with Gasteiger partial charge >= 0.3 is 0 Å². The number of hydrogen-bond donors (Lipinski definition) is 1. The minimum absolute atomic E-state index is 0.0667. The highest BCUT2D eigenvalue weighted by Crippen LogP contribution is 2.32. The van der Waals surface area contributed by atoms with Crippen molar-refractivity contribution in [1.82, 2.24) is 9.97 Å². The summed E-state index contributed by atoms with van der Waals surface area (Å²) < 4.78 is 41.9. The second-order valence-electron chi connectivity index (χ2n) is 8.79. The van der Waals surface area contributed by atoms with E-state index >= 15 is 0 Å². The molecule has 2 aromatic heterocycles. The monoisotopic (exact) mass is 546 g/mol. The molecule has 10 heteroatoms. The zero-order valence-electron chi connectivity index (χ0n) is 20.6. The largest absolute Gasteiger partial charge is 0.280 e. The maximum absolute atomic E-state index is 13.7. The van der Waals surface area contributed by atoms with Gasteiger partial charge in [-0.1, -0.05) is 17.4 Å². The molecule has 0 saturated carbocycles. The van der Waals surface area contributed by atoms with Gasteiger partial charge in [-0.05, 0) is 97.3 Å². The molecule has 5 rings (SSSR count). The molecule has 1 amide bonds. The third-order valence-corrected chi connectivity index (χ3v) is 8.48. The summed E-state index contributed by atoms with van der Waals surface area (Å²) in [6.45, 7) is 4.33. The van der Waals surface area contributed by atoms with Crippen LogP contribution in [0, 0.1) is 19.7 Å². The second-order valence-corrected chi connectivity index (χ2v) is 11.5. The van der Waals surface area contributed by atoms with Crippen molar-refractivity contribution in [2.24, 2.45) is 0 Å². The Morgan fingerprint density at radius 3 is 2.39 bits per heavy atom. The number of sulfonamides is 1. The smallest absolute Gasteiger partial charge is 0.261 e. The molecule has 0 atom stereocenters. The molecule has 1 N–H and O–H groups in total. The van der Waals surface area contributed by atoms with Crippen LogP contribution in [0.1, 0.15) is 27.0 Å². The normalized spacial score (nSPS) is 11.4. The van der Waals surface area contributed by atoms with Gasteiger partial charge in [0.25, 0.3) is 15.9 Å². The van der Waals surface area contributed by atoms with Gasteiger partial charge < -0.3 is 0 Å². The van der Waals surface area contributed by atoms with Gasteiger partial charge in [-0.2, -0.15) is 0 Å². The first-order valence-electron chi connectivity index (χ1n) is 11.7. The summed E-state index contributed by atoms with van der Waals surface area (Å²) in [5, 5.41) is 0.556.